The van der Waals surface area contributed by atoms with Crippen molar-refractivity contribution < 1.29 is 4.74 Å². The van der Waals surface area contributed by atoms with Gasteiger partial charge >= 0.3 is 0 Å². The first-order valence-corrected chi connectivity index (χ1v) is 7.25. The van der Waals surface area contributed by atoms with E-state index in [1.54, 1.807) is 13.3 Å². The van der Waals surface area contributed by atoms with Crippen LogP contribution in [0.25, 0.3) is 0 Å². The molecule has 0 bridgehead atoms. The van der Waals surface area contributed by atoms with Crippen LogP contribution in [0.4, 0.5) is 0 Å². The molecule has 19 heavy (non-hydrogen) atoms. The SMILES string of the molecule is COc1ncccc1CNCCSc1ccccc1. The van der Waals surface area contributed by atoms with Crippen molar-refractivity contribution in [3.63, 3.8) is 0 Å². The van der Waals surface area contributed by atoms with Gasteiger partial charge in [0.25, 0.3) is 0 Å². The fourth-order valence-electron chi connectivity index (χ4n) is 1.72. The molecule has 0 saturated heterocycles. The summed E-state index contributed by atoms with van der Waals surface area (Å²) < 4.78 is 5.22. The van der Waals surface area contributed by atoms with Crippen molar-refractivity contribution in [3.05, 3.63) is 54.2 Å². The van der Waals surface area contributed by atoms with Gasteiger partial charge in [0, 0.05) is 35.5 Å². The number of nitrogens with zero attached hydrogens (tertiary/aromatic N) is 1. The minimum absolute atomic E-state index is 0.700. The first-order valence-electron chi connectivity index (χ1n) is 6.26. The van der Waals surface area contributed by atoms with Crippen molar-refractivity contribution in [1.29, 1.82) is 0 Å². The highest BCUT2D eigenvalue weighted by Crippen LogP contribution is 2.16. The topological polar surface area (TPSA) is 34.1 Å². The van der Waals surface area contributed by atoms with Crippen LogP contribution in [0.5, 0.6) is 5.88 Å². The molecule has 0 atom stereocenters. The molecule has 2 aromatic rings. The molecule has 100 valence electrons. The van der Waals surface area contributed by atoms with E-state index in [0.29, 0.717) is 5.88 Å². The van der Waals surface area contributed by atoms with E-state index in [0.717, 1.165) is 24.4 Å². The van der Waals surface area contributed by atoms with E-state index in [2.05, 4.69) is 34.6 Å². The Kier molecular flexibility index (Phi) is 5.72. The van der Waals surface area contributed by atoms with Crippen LogP contribution in [0, 0.1) is 0 Å². The molecule has 0 unspecified atom stereocenters. The lowest BCUT2D eigenvalue weighted by molar-refractivity contribution is 0.391. The summed E-state index contributed by atoms with van der Waals surface area (Å²) in [5.74, 6) is 1.75. The number of thioether (sulfide) groups is 1. The molecule has 0 aliphatic carbocycles. The average molecular weight is 274 g/mol. The zero-order valence-corrected chi connectivity index (χ0v) is 11.8. The van der Waals surface area contributed by atoms with Crippen LogP contribution < -0.4 is 10.1 Å². The number of aromatic nitrogens is 1. The highest BCUT2D eigenvalue weighted by atomic mass is 32.2. The van der Waals surface area contributed by atoms with Gasteiger partial charge in [-0.3, -0.25) is 0 Å². The fourth-order valence-corrected chi connectivity index (χ4v) is 2.55. The number of benzene rings is 1. The van der Waals surface area contributed by atoms with Crippen molar-refractivity contribution in [3.8, 4) is 5.88 Å². The largest absolute Gasteiger partial charge is 0.481 e. The highest BCUT2D eigenvalue weighted by Gasteiger charge is 2.01. The van der Waals surface area contributed by atoms with Gasteiger partial charge in [-0.25, -0.2) is 4.98 Å². The van der Waals surface area contributed by atoms with Crippen LogP contribution in [0.3, 0.4) is 0 Å². The number of hydrogen-bond acceptors (Lipinski definition) is 4. The standard InChI is InChI=1S/C15H18N2OS/c1-18-15-13(6-5-9-17-15)12-16-10-11-19-14-7-3-2-4-8-14/h2-9,16H,10-12H2,1H3. The number of pyridine rings is 1. The Morgan fingerprint density at radius 2 is 2.00 bits per heavy atom. The van der Waals surface area contributed by atoms with E-state index in [-0.39, 0.29) is 0 Å². The molecule has 2 rings (SSSR count). The Morgan fingerprint density at radius 3 is 2.79 bits per heavy atom. The summed E-state index contributed by atoms with van der Waals surface area (Å²) >= 11 is 1.86. The van der Waals surface area contributed by atoms with Crippen molar-refractivity contribution in [2.24, 2.45) is 0 Å². The predicted octanol–water partition coefficient (Wildman–Crippen LogP) is 2.97. The number of ether oxygens (including phenoxy) is 1. The fraction of sp³-hybridized carbons (Fsp3) is 0.267. The summed E-state index contributed by atoms with van der Waals surface area (Å²) in [6, 6.07) is 14.4. The molecule has 4 heteroatoms. The van der Waals surface area contributed by atoms with Gasteiger partial charge in [-0.1, -0.05) is 24.3 Å². The monoisotopic (exact) mass is 274 g/mol. The number of rotatable bonds is 7. The maximum Gasteiger partial charge on any atom is 0.217 e. The van der Waals surface area contributed by atoms with Gasteiger partial charge in [-0.2, -0.15) is 0 Å². The predicted molar refractivity (Wildman–Crippen MR) is 79.7 cm³/mol. The van der Waals surface area contributed by atoms with E-state index in [4.69, 9.17) is 4.74 Å². The average Bonchev–Trinajstić information content (AvgIpc) is 2.48. The van der Waals surface area contributed by atoms with Crippen LogP contribution in [0.1, 0.15) is 5.56 Å². The Hall–Kier alpha value is -1.52. The third-order valence-corrected chi connectivity index (χ3v) is 3.66. The quantitative estimate of drug-likeness (QED) is 0.622. The zero-order valence-electron chi connectivity index (χ0n) is 11.0. The van der Waals surface area contributed by atoms with Crippen molar-refractivity contribution in [2.45, 2.75) is 11.4 Å². The number of methoxy groups -OCH3 is 1. The van der Waals surface area contributed by atoms with Crippen LogP contribution in [0.2, 0.25) is 0 Å². The summed E-state index contributed by atoms with van der Waals surface area (Å²) in [6.45, 7) is 1.74. The van der Waals surface area contributed by atoms with E-state index in [1.165, 1.54) is 4.90 Å². The van der Waals surface area contributed by atoms with Gasteiger partial charge in [0.05, 0.1) is 7.11 Å². The molecule has 0 aliphatic rings. The second-order valence-electron chi connectivity index (χ2n) is 4.01. The molecular formula is C15H18N2OS. The third-order valence-electron chi connectivity index (χ3n) is 2.65. The second-order valence-corrected chi connectivity index (χ2v) is 5.18. The molecule has 1 aromatic heterocycles. The van der Waals surface area contributed by atoms with Gasteiger partial charge in [0.15, 0.2) is 0 Å². The maximum atomic E-state index is 5.22. The Bertz CT molecular complexity index is 491. The number of hydrogen-bond donors (Lipinski definition) is 1. The van der Waals surface area contributed by atoms with Crippen LogP contribution in [-0.2, 0) is 6.54 Å². The Balaban J connectivity index is 1.69. The van der Waals surface area contributed by atoms with E-state index in [9.17, 15) is 0 Å². The summed E-state index contributed by atoms with van der Waals surface area (Å²) in [6.07, 6.45) is 1.74. The molecule has 0 saturated carbocycles. The summed E-state index contributed by atoms with van der Waals surface area (Å²) in [5.41, 5.74) is 1.09. The van der Waals surface area contributed by atoms with Gasteiger partial charge in [-0.05, 0) is 18.2 Å². The van der Waals surface area contributed by atoms with Crippen molar-refractivity contribution in [1.82, 2.24) is 10.3 Å². The molecule has 0 aliphatic heterocycles. The third kappa shape index (κ3) is 4.58. The van der Waals surface area contributed by atoms with Crippen molar-refractivity contribution in [2.75, 3.05) is 19.4 Å². The van der Waals surface area contributed by atoms with E-state index in [1.807, 2.05) is 30.0 Å². The molecule has 1 N–H and O–H groups in total. The molecule has 0 spiro atoms. The van der Waals surface area contributed by atoms with Crippen molar-refractivity contribution >= 4 is 11.8 Å². The van der Waals surface area contributed by atoms with Crippen LogP contribution in [0.15, 0.2) is 53.6 Å². The number of nitrogens with one attached hydrogen (secondary N) is 1. The maximum absolute atomic E-state index is 5.22. The summed E-state index contributed by atoms with van der Waals surface area (Å²) in [7, 11) is 1.65. The lowest BCUT2D eigenvalue weighted by atomic mass is 10.2. The minimum atomic E-state index is 0.700. The zero-order chi connectivity index (χ0) is 13.3. The minimum Gasteiger partial charge on any atom is -0.481 e. The molecule has 0 radical (unpaired) electrons. The first kappa shape index (κ1) is 13.9. The molecule has 0 fully saturated rings. The van der Waals surface area contributed by atoms with E-state index >= 15 is 0 Å². The molecule has 0 amide bonds. The summed E-state index contributed by atoms with van der Waals surface area (Å²) in [5, 5.41) is 3.41. The van der Waals surface area contributed by atoms with Crippen LogP contribution >= 0.6 is 11.8 Å². The molecule has 3 nitrogen and oxygen atoms in total. The lowest BCUT2D eigenvalue weighted by Gasteiger charge is -2.08. The highest BCUT2D eigenvalue weighted by molar-refractivity contribution is 7.99. The lowest BCUT2D eigenvalue weighted by Crippen LogP contribution is -2.17. The molecule has 1 aromatic carbocycles. The Labute approximate surface area is 118 Å². The smallest absolute Gasteiger partial charge is 0.217 e. The van der Waals surface area contributed by atoms with Gasteiger partial charge in [-0.15, -0.1) is 11.8 Å². The van der Waals surface area contributed by atoms with Gasteiger partial charge in [0.1, 0.15) is 0 Å². The van der Waals surface area contributed by atoms with E-state index < -0.39 is 0 Å². The Morgan fingerprint density at radius 1 is 1.16 bits per heavy atom. The normalized spacial score (nSPS) is 10.4. The van der Waals surface area contributed by atoms with Gasteiger partial charge in [0.2, 0.25) is 5.88 Å². The molecule has 1 heterocycles. The van der Waals surface area contributed by atoms with Gasteiger partial charge < -0.3 is 10.1 Å². The first-order chi connectivity index (χ1) is 9.40. The second kappa shape index (κ2) is 7.81. The summed E-state index contributed by atoms with van der Waals surface area (Å²) in [4.78, 5) is 5.48. The molecular weight excluding hydrogens is 256 g/mol. The van der Waals surface area contributed by atoms with Crippen LogP contribution in [-0.4, -0.2) is 24.4 Å².